The zero-order valence-corrected chi connectivity index (χ0v) is 14.9. The van der Waals surface area contributed by atoms with Crippen LogP contribution in [0, 0.1) is 5.82 Å². The van der Waals surface area contributed by atoms with Gasteiger partial charge in [0, 0.05) is 12.5 Å². The molecule has 0 unspecified atom stereocenters. The van der Waals surface area contributed by atoms with E-state index in [4.69, 9.17) is 9.47 Å². The van der Waals surface area contributed by atoms with Crippen LogP contribution in [-0.2, 0) is 6.42 Å². The number of nitrogens with one attached hydrogen (secondary N) is 1. The van der Waals surface area contributed by atoms with Gasteiger partial charge in [-0.25, -0.2) is 9.37 Å². The van der Waals surface area contributed by atoms with Crippen LogP contribution < -0.4 is 15.0 Å². The molecule has 0 radical (unpaired) electrons. The van der Waals surface area contributed by atoms with E-state index in [1.165, 1.54) is 26.4 Å². The summed E-state index contributed by atoms with van der Waals surface area (Å²) < 4.78 is 23.9. The molecule has 0 amide bonds. The Bertz CT molecular complexity index is 1220. The molecule has 0 aliphatic heterocycles. The summed E-state index contributed by atoms with van der Waals surface area (Å²) in [4.78, 5) is 19.9. The monoisotopic (exact) mass is 364 g/mol. The van der Waals surface area contributed by atoms with Gasteiger partial charge in [0.05, 0.1) is 25.1 Å². The van der Waals surface area contributed by atoms with E-state index in [0.29, 0.717) is 34.6 Å². The molecule has 0 spiro atoms. The van der Waals surface area contributed by atoms with E-state index in [0.717, 1.165) is 16.3 Å². The van der Waals surface area contributed by atoms with Gasteiger partial charge in [0.2, 0.25) is 0 Å². The highest BCUT2D eigenvalue weighted by Crippen LogP contribution is 2.30. The second kappa shape index (κ2) is 6.72. The Morgan fingerprint density at radius 2 is 1.67 bits per heavy atom. The molecule has 0 aliphatic rings. The minimum Gasteiger partial charge on any atom is -0.493 e. The molecule has 4 rings (SSSR count). The molecule has 0 saturated heterocycles. The number of H-pyrrole nitrogens is 1. The molecule has 1 N–H and O–H groups in total. The number of methoxy groups -OCH3 is 2. The van der Waals surface area contributed by atoms with Gasteiger partial charge < -0.3 is 14.5 Å². The van der Waals surface area contributed by atoms with Crippen molar-refractivity contribution in [2.75, 3.05) is 14.2 Å². The van der Waals surface area contributed by atoms with E-state index in [9.17, 15) is 9.18 Å². The first-order valence-electron chi connectivity index (χ1n) is 8.40. The second-order valence-electron chi connectivity index (χ2n) is 6.24. The third-order valence-corrected chi connectivity index (χ3v) is 4.50. The molecule has 136 valence electrons. The number of halogens is 1. The van der Waals surface area contributed by atoms with Gasteiger partial charge in [-0.2, -0.15) is 0 Å². The summed E-state index contributed by atoms with van der Waals surface area (Å²) in [7, 11) is 3.06. The number of aromatic amines is 1. The van der Waals surface area contributed by atoms with Gasteiger partial charge in [-0.3, -0.25) is 4.79 Å². The Kier molecular flexibility index (Phi) is 4.24. The first-order chi connectivity index (χ1) is 13.1. The van der Waals surface area contributed by atoms with Crippen molar-refractivity contribution < 1.29 is 13.9 Å². The average Bonchev–Trinajstić information content (AvgIpc) is 2.67. The first-order valence-corrected chi connectivity index (χ1v) is 8.40. The molecule has 4 aromatic rings. The molecule has 3 aromatic carbocycles. The van der Waals surface area contributed by atoms with Gasteiger partial charge in [0.1, 0.15) is 11.6 Å². The van der Waals surface area contributed by atoms with Crippen molar-refractivity contribution in [1.82, 2.24) is 9.97 Å². The fourth-order valence-electron chi connectivity index (χ4n) is 3.17. The Morgan fingerprint density at radius 1 is 0.963 bits per heavy atom. The third-order valence-electron chi connectivity index (χ3n) is 4.50. The van der Waals surface area contributed by atoms with Gasteiger partial charge in [-0.05, 0) is 34.5 Å². The van der Waals surface area contributed by atoms with E-state index < -0.39 is 0 Å². The molecule has 1 heterocycles. The van der Waals surface area contributed by atoms with Crippen molar-refractivity contribution >= 4 is 21.7 Å². The maximum atomic E-state index is 13.3. The Hall–Kier alpha value is -3.41. The van der Waals surface area contributed by atoms with Crippen LogP contribution in [0.4, 0.5) is 4.39 Å². The summed E-state index contributed by atoms with van der Waals surface area (Å²) in [5, 5.41) is 2.20. The fourth-order valence-corrected chi connectivity index (χ4v) is 3.17. The molecule has 1 aromatic heterocycles. The van der Waals surface area contributed by atoms with Crippen LogP contribution in [-0.4, -0.2) is 24.2 Å². The van der Waals surface area contributed by atoms with Crippen LogP contribution in [0.1, 0.15) is 11.4 Å². The zero-order valence-electron chi connectivity index (χ0n) is 14.9. The van der Waals surface area contributed by atoms with E-state index in [1.54, 1.807) is 18.2 Å². The summed E-state index contributed by atoms with van der Waals surface area (Å²) in [5.41, 5.74) is 1.27. The van der Waals surface area contributed by atoms with Crippen LogP contribution in [0.25, 0.3) is 21.7 Å². The number of benzene rings is 3. The van der Waals surface area contributed by atoms with Crippen LogP contribution in [0.3, 0.4) is 0 Å². The average molecular weight is 364 g/mol. The zero-order chi connectivity index (χ0) is 19.0. The largest absolute Gasteiger partial charge is 0.493 e. The quantitative estimate of drug-likeness (QED) is 0.598. The topological polar surface area (TPSA) is 64.2 Å². The number of fused-ring (bicyclic) bond motifs is 2. The summed E-state index contributed by atoms with van der Waals surface area (Å²) in [6, 6.07) is 13.7. The maximum absolute atomic E-state index is 13.3. The van der Waals surface area contributed by atoms with Crippen molar-refractivity contribution in [3.63, 3.8) is 0 Å². The molecular weight excluding hydrogens is 347 g/mol. The lowest BCUT2D eigenvalue weighted by atomic mass is 10.0. The number of hydrogen-bond donors (Lipinski definition) is 1. The normalized spacial score (nSPS) is 11.1. The number of ether oxygens (including phenoxy) is 2. The van der Waals surface area contributed by atoms with Crippen molar-refractivity contribution in [3.05, 3.63) is 76.1 Å². The molecule has 27 heavy (non-hydrogen) atoms. The highest BCUT2D eigenvalue weighted by molar-refractivity contribution is 5.83. The number of aromatic nitrogens is 2. The van der Waals surface area contributed by atoms with Gasteiger partial charge in [0.25, 0.3) is 5.56 Å². The smallest absolute Gasteiger partial charge is 0.258 e. The van der Waals surface area contributed by atoms with Crippen molar-refractivity contribution in [2.45, 2.75) is 6.42 Å². The summed E-state index contributed by atoms with van der Waals surface area (Å²) >= 11 is 0. The molecule has 0 atom stereocenters. The number of rotatable bonds is 4. The van der Waals surface area contributed by atoms with Gasteiger partial charge in [0.15, 0.2) is 11.5 Å². The standard InChI is InChI=1S/C21H17FN2O3/c1-26-18-10-16-17(11-19(18)27-2)23-20(24-21(16)25)8-12-3-4-14-9-15(22)6-5-13(14)7-12/h3-7,9-11H,8H2,1-2H3,(H,23,24,25). The molecule has 0 saturated carbocycles. The summed E-state index contributed by atoms with van der Waals surface area (Å²) in [5.74, 6) is 1.27. The molecule has 5 nitrogen and oxygen atoms in total. The third kappa shape index (κ3) is 3.21. The van der Waals surface area contributed by atoms with E-state index in [2.05, 4.69) is 9.97 Å². The lowest BCUT2D eigenvalue weighted by Gasteiger charge is -2.09. The van der Waals surface area contributed by atoms with Crippen LogP contribution >= 0.6 is 0 Å². The van der Waals surface area contributed by atoms with Crippen LogP contribution in [0.2, 0.25) is 0 Å². The number of hydrogen-bond acceptors (Lipinski definition) is 4. The van der Waals surface area contributed by atoms with Crippen LogP contribution in [0.15, 0.2) is 53.3 Å². The summed E-state index contributed by atoms with van der Waals surface area (Å²) in [6.45, 7) is 0. The van der Waals surface area contributed by atoms with Crippen molar-refractivity contribution in [2.24, 2.45) is 0 Å². The minimum absolute atomic E-state index is 0.237. The predicted octanol–water partition coefficient (Wildman–Crippen LogP) is 3.82. The Labute approximate surface area is 154 Å². The van der Waals surface area contributed by atoms with E-state index >= 15 is 0 Å². The Morgan fingerprint density at radius 3 is 2.44 bits per heavy atom. The van der Waals surface area contributed by atoms with Gasteiger partial charge in [-0.15, -0.1) is 0 Å². The summed E-state index contributed by atoms with van der Waals surface area (Å²) in [6.07, 6.45) is 0.451. The highest BCUT2D eigenvalue weighted by atomic mass is 19.1. The van der Waals surface area contributed by atoms with Crippen molar-refractivity contribution in [1.29, 1.82) is 0 Å². The first kappa shape index (κ1) is 17.0. The molecule has 6 heteroatoms. The Balaban J connectivity index is 1.75. The molecule has 0 aliphatic carbocycles. The second-order valence-corrected chi connectivity index (χ2v) is 6.24. The lowest BCUT2D eigenvalue weighted by Crippen LogP contribution is -2.12. The van der Waals surface area contributed by atoms with Crippen molar-refractivity contribution in [3.8, 4) is 11.5 Å². The molecular formula is C21H17FN2O3. The van der Waals surface area contributed by atoms with E-state index in [-0.39, 0.29) is 11.4 Å². The number of nitrogens with zero attached hydrogens (tertiary/aromatic N) is 1. The van der Waals surface area contributed by atoms with Gasteiger partial charge >= 0.3 is 0 Å². The fraction of sp³-hybridized carbons (Fsp3) is 0.143. The highest BCUT2D eigenvalue weighted by Gasteiger charge is 2.11. The van der Waals surface area contributed by atoms with Crippen LogP contribution in [0.5, 0.6) is 11.5 Å². The van der Waals surface area contributed by atoms with Gasteiger partial charge in [-0.1, -0.05) is 24.3 Å². The predicted molar refractivity (Wildman–Crippen MR) is 102 cm³/mol. The lowest BCUT2D eigenvalue weighted by molar-refractivity contribution is 0.355. The van der Waals surface area contributed by atoms with E-state index in [1.807, 2.05) is 18.2 Å². The minimum atomic E-state index is -0.264. The SMILES string of the molecule is COc1cc2nc(Cc3ccc4cc(F)ccc4c3)[nH]c(=O)c2cc1OC. The molecule has 0 bridgehead atoms. The molecule has 0 fully saturated rings. The maximum Gasteiger partial charge on any atom is 0.258 e.